The predicted octanol–water partition coefficient (Wildman–Crippen LogP) is 1.71. The van der Waals surface area contributed by atoms with E-state index in [1.165, 1.54) is 4.68 Å². The minimum absolute atomic E-state index is 0.122. The van der Waals surface area contributed by atoms with E-state index in [4.69, 9.17) is 4.52 Å². The number of anilines is 1. The second-order valence-corrected chi connectivity index (χ2v) is 8.49. The first-order chi connectivity index (χ1) is 13.9. The molecule has 8 nitrogen and oxygen atoms in total. The van der Waals surface area contributed by atoms with Crippen molar-refractivity contribution in [2.24, 2.45) is 5.41 Å². The molecule has 0 N–H and O–H groups in total. The Balaban J connectivity index is 1.36. The van der Waals surface area contributed by atoms with E-state index in [0.717, 1.165) is 48.7 Å². The van der Waals surface area contributed by atoms with Crippen LogP contribution < -0.4 is 10.5 Å². The van der Waals surface area contributed by atoms with Gasteiger partial charge in [-0.15, -0.1) is 0 Å². The smallest absolute Gasteiger partial charge is 0.269 e. The molecule has 2 aliphatic heterocycles. The largest absolute Gasteiger partial charge is 0.369 e. The van der Waals surface area contributed by atoms with Crippen LogP contribution in [0.5, 0.6) is 0 Å². The molecule has 5 rings (SSSR count). The SMILES string of the molecule is Cc1ccc(-c2noc(C)c2Cn2ncc(N3CC4(CN(C)C4)C3)cc2=O)cn1. The minimum Gasteiger partial charge on any atom is -0.369 e. The second kappa shape index (κ2) is 6.52. The summed E-state index contributed by atoms with van der Waals surface area (Å²) >= 11 is 0. The van der Waals surface area contributed by atoms with Gasteiger partial charge in [0.2, 0.25) is 0 Å². The van der Waals surface area contributed by atoms with Gasteiger partial charge in [-0.3, -0.25) is 9.78 Å². The summed E-state index contributed by atoms with van der Waals surface area (Å²) in [6.07, 6.45) is 3.56. The molecule has 3 aromatic rings. The van der Waals surface area contributed by atoms with Crippen molar-refractivity contribution in [2.45, 2.75) is 20.4 Å². The Hall–Kier alpha value is -3.00. The van der Waals surface area contributed by atoms with Crippen LogP contribution in [-0.2, 0) is 6.54 Å². The van der Waals surface area contributed by atoms with E-state index >= 15 is 0 Å². The number of nitrogens with zero attached hydrogens (tertiary/aromatic N) is 6. The van der Waals surface area contributed by atoms with Gasteiger partial charge in [0.15, 0.2) is 0 Å². The maximum Gasteiger partial charge on any atom is 0.269 e. The lowest BCUT2D eigenvalue weighted by atomic mass is 9.73. The van der Waals surface area contributed by atoms with Crippen molar-refractivity contribution in [3.8, 4) is 11.3 Å². The van der Waals surface area contributed by atoms with Gasteiger partial charge >= 0.3 is 0 Å². The average molecular weight is 392 g/mol. The third-order valence-electron chi connectivity index (χ3n) is 5.96. The van der Waals surface area contributed by atoms with E-state index in [-0.39, 0.29) is 5.56 Å². The van der Waals surface area contributed by atoms with E-state index < -0.39 is 0 Å². The number of hydrogen-bond donors (Lipinski definition) is 0. The molecule has 2 aliphatic rings. The molecule has 0 unspecified atom stereocenters. The Labute approximate surface area is 168 Å². The van der Waals surface area contributed by atoms with E-state index in [0.29, 0.717) is 23.4 Å². The minimum atomic E-state index is -0.122. The molecule has 3 aromatic heterocycles. The number of hydrogen-bond acceptors (Lipinski definition) is 7. The molecule has 5 heterocycles. The Bertz CT molecular complexity index is 1100. The maximum absolute atomic E-state index is 12.7. The van der Waals surface area contributed by atoms with E-state index in [2.05, 4.69) is 32.1 Å². The molecular weight excluding hydrogens is 368 g/mol. The van der Waals surface area contributed by atoms with Gasteiger partial charge in [0.05, 0.1) is 18.4 Å². The number of aromatic nitrogens is 4. The first-order valence-corrected chi connectivity index (χ1v) is 9.81. The highest BCUT2D eigenvalue weighted by Gasteiger charge is 2.50. The third kappa shape index (κ3) is 3.13. The van der Waals surface area contributed by atoms with Gasteiger partial charge in [0.25, 0.3) is 5.56 Å². The summed E-state index contributed by atoms with van der Waals surface area (Å²) in [7, 11) is 2.14. The Morgan fingerprint density at radius 3 is 2.59 bits per heavy atom. The maximum atomic E-state index is 12.7. The van der Waals surface area contributed by atoms with Gasteiger partial charge in [0.1, 0.15) is 11.5 Å². The quantitative estimate of drug-likeness (QED) is 0.669. The molecule has 2 saturated heterocycles. The highest BCUT2D eigenvalue weighted by atomic mass is 16.5. The lowest BCUT2D eigenvalue weighted by Gasteiger charge is -2.60. The molecule has 8 heteroatoms. The zero-order valence-electron chi connectivity index (χ0n) is 16.9. The molecule has 29 heavy (non-hydrogen) atoms. The molecular formula is C21H24N6O2. The van der Waals surface area contributed by atoms with E-state index in [1.54, 1.807) is 18.5 Å². The van der Waals surface area contributed by atoms with Crippen molar-refractivity contribution in [1.29, 1.82) is 0 Å². The normalized spacial score (nSPS) is 18.0. The fourth-order valence-corrected chi connectivity index (χ4v) is 4.52. The standard InChI is InChI=1S/C21H24N6O2/c1-14-4-5-16(7-22-14)20-18(15(2)29-24-20)9-27-19(28)6-17(8-23-27)26-12-21(13-26)10-25(3)11-21/h4-8H,9-13H2,1-3H3. The molecule has 0 saturated carbocycles. The summed E-state index contributed by atoms with van der Waals surface area (Å²) in [4.78, 5) is 21.6. The van der Waals surface area contributed by atoms with Crippen LogP contribution in [0.4, 0.5) is 5.69 Å². The van der Waals surface area contributed by atoms with Crippen LogP contribution in [0, 0.1) is 19.3 Å². The van der Waals surface area contributed by atoms with E-state index in [9.17, 15) is 4.79 Å². The summed E-state index contributed by atoms with van der Waals surface area (Å²) in [5, 5.41) is 8.60. The van der Waals surface area contributed by atoms with Crippen LogP contribution in [0.25, 0.3) is 11.3 Å². The summed E-state index contributed by atoms with van der Waals surface area (Å²) in [6, 6.07) is 5.57. The number of rotatable bonds is 4. The molecule has 0 bridgehead atoms. The van der Waals surface area contributed by atoms with Crippen LogP contribution in [0.2, 0.25) is 0 Å². The second-order valence-electron chi connectivity index (χ2n) is 8.49. The molecule has 0 aromatic carbocycles. The molecule has 2 fully saturated rings. The molecule has 0 atom stereocenters. The lowest BCUT2D eigenvalue weighted by molar-refractivity contribution is -0.00245. The van der Waals surface area contributed by atoms with Crippen molar-refractivity contribution >= 4 is 5.69 Å². The van der Waals surface area contributed by atoms with Crippen LogP contribution in [-0.4, -0.2) is 58.0 Å². The molecule has 150 valence electrons. The topological polar surface area (TPSA) is 80.3 Å². The van der Waals surface area contributed by atoms with Gasteiger partial charge in [-0.05, 0) is 33.0 Å². The molecule has 0 aliphatic carbocycles. The zero-order chi connectivity index (χ0) is 20.2. The lowest BCUT2D eigenvalue weighted by Crippen LogP contribution is -2.71. The van der Waals surface area contributed by atoms with Crippen LogP contribution in [0.3, 0.4) is 0 Å². The van der Waals surface area contributed by atoms with Crippen LogP contribution in [0.1, 0.15) is 17.0 Å². The number of likely N-dealkylation sites (tertiary alicyclic amines) is 1. The summed E-state index contributed by atoms with van der Waals surface area (Å²) < 4.78 is 6.86. The number of pyridine rings is 1. The number of aryl methyl sites for hydroxylation is 2. The third-order valence-corrected chi connectivity index (χ3v) is 5.96. The van der Waals surface area contributed by atoms with Crippen molar-refractivity contribution < 1.29 is 4.52 Å². The molecule has 1 spiro atoms. The Kier molecular flexibility index (Phi) is 4.06. The van der Waals surface area contributed by atoms with Crippen LogP contribution in [0.15, 0.2) is 39.9 Å². The highest BCUT2D eigenvalue weighted by Crippen LogP contribution is 2.40. The van der Waals surface area contributed by atoms with Gasteiger partial charge in [-0.2, -0.15) is 5.10 Å². The monoisotopic (exact) mass is 392 g/mol. The van der Waals surface area contributed by atoms with Crippen molar-refractivity contribution in [1.82, 2.24) is 24.8 Å². The van der Waals surface area contributed by atoms with Gasteiger partial charge < -0.3 is 14.3 Å². The summed E-state index contributed by atoms with van der Waals surface area (Å²) in [6.45, 7) is 8.37. The van der Waals surface area contributed by atoms with Gasteiger partial charge in [-0.25, -0.2) is 4.68 Å². The zero-order valence-corrected chi connectivity index (χ0v) is 16.9. The van der Waals surface area contributed by atoms with Crippen LogP contribution >= 0.6 is 0 Å². The molecule has 0 radical (unpaired) electrons. The van der Waals surface area contributed by atoms with Crippen molar-refractivity contribution in [3.05, 3.63) is 58.0 Å². The average Bonchev–Trinajstić information content (AvgIpc) is 3.00. The van der Waals surface area contributed by atoms with Gasteiger partial charge in [-0.1, -0.05) is 5.16 Å². The first-order valence-electron chi connectivity index (χ1n) is 9.81. The van der Waals surface area contributed by atoms with Gasteiger partial charge in [0, 0.05) is 60.7 Å². The van der Waals surface area contributed by atoms with Crippen molar-refractivity contribution in [3.63, 3.8) is 0 Å². The van der Waals surface area contributed by atoms with Crippen molar-refractivity contribution in [2.75, 3.05) is 38.1 Å². The van der Waals surface area contributed by atoms with E-state index in [1.807, 2.05) is 26.0 Å². The first kappa shape index (κ1) is 18.1. The summed E-state index contributed by atoms with van der Waals surface area (Å²) in [5.74, 6) is 0.678. The summed E-state index contributed by atoms with van der Waals surface area (Å²) in [5.41, 5.74) is 4.54. The fourth-order valence-electron chi connectivity index (χ4n) is 4.52. The fraction of sp³-hybridized carbons (Fsp3) is 0.429. The highest BCUT2D eigenvalue weighted by molar-refractivity contribution is 5.62. The predicted molar refractivity (Wildman–Crippen MR) is 109 cm³/mol. The molecule has 0 amide bonds. The Morgan fingerprint density at radius 2 is 1.93 bits per heavy atom. The Morgan fingerprint density at radius 1 is 1.14 bits per heavy atom.